The minimum atomic E-state index is -0.508. The van der Waals surface area contributed by atoms with Crippen molar-refractivity contribution < 1.29 is 9.34 Å². The maximum absolute atomic E-state index is 10.6. The average molecular weight is 419 g/mol. The predicted octanol–water partition coefficient (Wildman–Crippen LogP) is 4.94. The van der Waals surface area contributed by atoms with Crippen LogP contribution in [0, 0.1) is 10.1 Å². The summed E-state index contributed by atoms with van der Waals surface area (Å²) < 4.78 is 6.55. The number of nitrogens with zero attached hydrogens (tertiary/aromatic N) is 3. The minimum absolute atomic E-state index is 0.0768. The van der Waals surface area contributed by atoms with E-state index in [0.717, 1.165) is 20.7 Å². The van der Waals surface area contributed by atoms with Crippen LogP contribution in [0.25, 0.3) is 0 Å². The summed E-state index contributed by atoms with van der Waals surface area (Å²) in [5, 5.41) is 15.3. The van der Waals surface area contributed by atoms with Crippen LogP contribution in [0.3, 0.4) is 0 Å². The number of aromatic nitrogens is 1. The van der Waals surface area contributed by atoms with Gasteiger partial charge in [0.25, 0.3) is 5.69 Å². The summed E-state index contributed by atoms with van der Waals surface area (Å²) in [5.74, 6) is 0.950. The number of anilines is 1. The minimum Gasteiger partial charge on any atom is -0.447 e. The van der Waals surface area contributed by atoms with Crippen LogP contribution >= 0.6 is 27.7 Å². The van der Waals surface area contributed by atoms with Crippen LogP contribution in [0.2, 0.25) is 0 Å². The van der Waals surface area contributed by atoms with Crippen molar-refractivity contribution in [3.63, 3.8) is 0 Å². The molecule has 0 atom stereocenters. The third kappa shape index (κ3) is 4.68. The van der Waals surface area contributed by atoms with E-state index in [2.05, 4.69) is 31.4 Å². The number of benzene rings is 1. The number of hydrogen-bond donors (Lipinski definition) is 1. The van der Waals surface area contributed by atoms with E-state index in [1.807, 2.05) is 30.3 Å². The van der Waals surface area contributed by atoms with Crippen LogP contribution in [-0.2, 0) is 0 Å². The highest BCUT2D eigenvalue weighted by atomic mass is 79.9. The zero-order valence-electron chi connectivity index (χ0n) is 12.6. The number of nitro groups is 1. The van der Waals surface area contributed by atoms with Crippen LogP contribution in [0.1, 0.15) is 5.76 Å². The van der Waals surface area contributed by atoms with Crippen molar-refractivity contribution in [3.05, 3.63) is 75.1 Å². The van der Waals surface area contributed by atoms with Crippen molar-refractivity contribution in [1.82, 2.24) is 4.98 Å². The van der Waals surface area contributed by atoms with Gasteiger partial charge >= 0.3 is 0 Å². The van der Waals surface area contributed by atoms with Crippen molar-refractivity contribution in [1.29, 1.82) is 0 Å². The largest absolute Gasteiger partial charge is 0.447 e. The first-order valence-corrected chi connectivity index (χ1v) is 8.64. The summed E-state index contributed by atoms with van der Waals surface area (Å²) in [5.41, 5.74) is 2.61. The van der Waals surface area contributed by atoms with E-state index in [0.29, 0.717) is 11.6 Å². The molecule has 0 radical (unpaired) electrons. The van der Waals surface area contributed by atoms with Gasteiger partial charge in [-0.15, -0.1) is 0 Å². The number of hydrogen-bond acceptors (Lipinski definition) is 7. The molecule has 1 N–H and O–H groups in total. The third-order valence-corrected chi connectivity index (χ3v) is 4.81. The molecule has 3 aromatic rings. The molecule has 0 aliphatic carbocycles. The fourth-order valence-corrected chi connectivity index (χ4v) is 3.17. The van der Waals surface area contributed by atoms with Crippen LogP contribution in [0.4, 0.5) is 11.5 Å². The Morgan fingerprint density at radius 2 is 2.08 bits per heavy atom. The number of pyridine rings is 1. The highest BCUT2D eigenvalue weighted by Crippen LogP contribution is 2.35. The smallest absolute Gasteiger partial charge is 0.287 e. The molecule has 0 fully saturated rings. The van der Waals surface area contributed by atoms with E-state index >= 15 is 0 Å². The highest BCUT2D eigenvalue weighted by Gasteiger charge is 2.09. The van der Waals surface area contributed by atoms with Crippen molar-refractivity contribution in [3.8, 4) is 0 Å². The third-order valence-electron chi connectivity index (χ3n) is 2.96. The molecule has 126 valence electrons. The lowest BCUT2D eigenvalue weighted by Crippen LogP contribution is -1.94. The number of rotatable bonds is 6. The fraction of sp³-hybridized carbons (Fsp3) is 0. The molecule has 0 spiro atoms. The van der Waals surface area contributed by atoms with Crippen molar-refractivity contribution in [2.75, 3.05) is 5.43 Å². The molecule has 9 heteroatoms. The standard InChI is InChI=1S/C16H11BrN4O3S/c17-14-8-12(24-16(14)25-13-4-2-1-3-5-13)10-19-20-15-7-6-11(9-18-15)21(22)23/h1-10H,(H,18,20)/b19-10+. The first-order chi connectivity index (χ1) is 12.1. The molecule has 7 nitrogen and oxygen atoms in total. The summed E-state index contributed by atoms with van der Waals surface area (Å²) in [6, 6.07) is 14.5. The molecule has 3 rings (SSSR count). The summed E-state index contributed by atoms with van der Waals surface area (Å²) in [6.07, 6.45) is 2.67. The Bertz CT molecular complexity index is 898. The molecule has 0 bridgehead atoms. The van der Waals surface area contributed by atoms with Gasteiger partial charge in [-0.3, -0.25) is 15.5 Å². The topological polar surface area (TPSA) is 93.6 Å². The van der Waals surface area contributed by atoms with Crippen molar-refractivity contribution in [2.24, 2.45) is 5.10 Å². The zero-order valence-corrected chi connectivity index (χ0v) is 15.0. The summed E-state index contributed by atoms with van der Waals surface area (Å²) in [7, 11) is 0. The van der Waals surface area contributed by atoms with E-state index in [-0.39, 0.29) is 5.69 Å². The number of hydrazone groups is 1. The van der Waals surface area contributed by atoms with Gasteiger partial charge in [-0.1, -0.05) is 30.0 Å². The number of nitrogens with one attached hydrogen (secondary N) is 1. The summed E-state index contributed by atoms with van der Waals surface area (Å²) in [6.45, 7) is 0. The molecular weight excluding hydrogens is 408 g/mol. The van der Waals surface area contributed by atoms with Gasteiger partial charge in [0.05, 0.1) is 15.6 Å². The van der Waals surface area contributed by atoms with Gasteiger partial charge < -0.3 is 4.42 Å². The Morgan fingerprint density at radius 3 is 2.76 bits per heavy atom. The second kappa shape index (κ2) is 7.95. The second-order valence-electron chi connectivity index (χ2n) is 4.73. The number of halogens is 1. The molecule has 0 amide bonds. The van der Waals surface area contributed by atoms with Crippen LogP contribution in [0.5, 0.6) is 0 Å². The number of furan rings is 1. The van der Waals surface area contributed by atoms with E-state index < -0.39 is 4.92 Å². The Balaban J connectivity index is 1.64. The Labute approximate surface area is 155 Å². The second-order valence-corrected chi connectivity index (χ2v) is 6.63. The highest BCUT2D eigenvalue weighted by molar-refractivity contribution is 9.10. The van der Waals surface area contributed by atoms with E-state index in [1.54, 1.807) is 6.07 Å². The molecule has 1 aromatic carbocycles. The Kier molecular flexibility index (Phi) is 5.46. The van der Waals surface area contributed by atoms with Gasteiger partial charge in [0.2, 0.25) is 0 Å². The monoisotopic (exact) mass is 418 g/mol. The van der Waals surface area contributed by atoms with Crippen molar-refractivity contribution >= 4 is 45.4 Å². The van der Waals surface area contributed by atoms with E-state index in [9.17, 15) is 10.1 Å². The average Bonchev–Trinajstić information content (AvgIpc) is 2.96. The van der Waals surface area contributed by atoms with E-state index in [4.69, 9.17) is 4.42 Å². The maximum Gasteiger partial charge on any atom is 0.287 e. The summed E-state index contributed by atoms with van der Waals surface area (Å²) >= 11 is 4.96. The maximum atomic E-state index is 10.6. The molecule has 0 saturated carbocycles. The molecule has 25 heavy (non-hydrogen) atoms. The van der Waals surface area contributed by atoms with Gasteiger partial charge in [-0.25, -0.2) is 4.98 Å². The molecule has 0 aliphatic heterocycles. The van der Waals surface area contributed by atoms with E-state index in [1.165, 1.54) is 30.1 Å². The fourth-order valence-electron chi connectivity index (χ4n) is 1.82. The molecular formula is C16H11BrN4O3S. The quantitative estimate of drug-likeness (QED) is 0.346. The Morgan fingerprint density at radius 1 is 1.28 bits per heavy atom. The molecule has 2 aromatic heterocycles. The van der Waals surface area contributed by atoms with Crippen LogP contribution < -0.4 is 5.43 Å². The SMILES string of the molecule is O=[N+]([O-])c1ccc(N/N=C/c2cc(Br)c(Sc3ccccc3)o2)nc1. The predicted molar refractivity (Wildman–Crippen MR) is 99.1 cm³/mol. The van der Waals surface area contributed by atoms with Gasteiger partial charge in [-0.05, 0) is 34.1 Å². The first kappa shape index (κ1) is 17.2. The lowest BCUT2D eigenvalue weighted by Gasteiger charge is -1.98. The van der Waals surface area contributed by atoms with Crippen molar-refractivity contribution in [2.45, 2.75) is 9.99 Å². The first-order valence-electron chi connectivity index (χ1n) is 7.03. The molecule has 0 aliphatic rings. The van der Waals surface area contributed by atoms with Gasteiger partial charge in [0, 0.05) is 17.0 Å². The summed E-state index contributed by atoms with van der Waals surface area (Å²) in [4.78, 5) is 15.0. The van der Waals surface area contributed by atoms with Crippen LogP contribution in [-0.4, -0.2) is 16.1 Å². The normalized spacial score (nSPS) is 10.9. The van der Waals surface area contributed by atoms with Gasteiger partial charge in [-0.2, -0.15) is 5.10 Å². The Hall–Kier alpha value is -2.65. The zero-order chi connectivity index (χ0) is 17.6. The molecule has 0 saturated heterocycles. The lowest BCUT2D eigenvalue weighted by molar-refractivity contribution is -0.385. The molecule has 2 heterocycles. The van der Waals surface area contributed by atoms with Gasteiger partial charge in [0.15, 0.2) is 5.09 Å². The van der Waals surface area contributed by atoms with Gasteiger partial charge in [0.1, 0.15) is 17.8 Å². The molecule has 0 unspecified atom stereocenters. The van der Waals surface area contributed by atoms with Crippen LogP contribution in [0.15, 0.2) is 78.7 Å². The lowest BCUT2D eigenvalue weighted by atomic mass is 10.4.